The number of ketones is 1. The van der Waals surface area contributed by atoms with Crippen LogP contribution < -0.4 is 15.5 Å². The number of para-hydroxylation sites is 1. The van der Waals surface area contributed by atoms with Crippen molar-refractivity contribution in [2.24, 2.45) is 10.2 Å². The van der Waals surface area contributed by atoms with E-state index in [1.165, 1.54) is 12.1 Å². The summed E-state index contributed by atoms with van der Waals surface area (Å²) in [6.07, 6.45) is 0. The van der Waals surface area contributed by atoms with E-state index in [1.54, 1.807) is 18.2 Å². The molecule has 0 saturated heterocycles. The van der Waals surface area contributed by atoms with Gasteiger partial charge in [-0.15, -0.1) is 5.11 Å². The van der Waals surface area contributed by atoms with E-state index >= 15 is 0 Å². The molecule has 0 spiro atoms. The Morgan fingerprint density at radius 2 is 1.77 bits per heavy atom. The Kier molecular flexibility index (Phi) is 8.20. The largest absolute Gasteiger partial charge is 3.00 e. The molecule has 0 aliphatic rings. The second kappa shape index (κ2) is 9.94. The van der Waals surface area contributed by atoms with E-state index in [0.29, 0.717) is 17.8 Å². The Morgan fingerprint density at radius 3 is 2.27 bits per heavy atom. The fourth-order valence-corrected chi connectivity index (χ4v) is 2.63. The molecule has 2 rings (SSSR count). The van der Waals surface area contributed by atoms with Crippen molar-refractivity contribution in [1.29, 1.82) is 0 Å². The molecule has 0 aliphatic heterocycles. The average molecular weight is 471 g/mol. The van der Waals surface area contributed by atoms with E-state index in [1.807, 2.05) is 0 Å². The van der Waals surface area contributed by atoms with Crippen molar-refractivity contribution in [3.63, 3.8) is 0 Å². The average Bonchev–Trinajstić information content (AvgIpc) is 2.62. The molecular formula is C16H11CrN4O8S. The van der Waals surface area contributed by atoms with Crippen LogP contribution in [0.4, 0.5) is 17.1 Å². The third kappa shape index (κ3) is 6.09. The van der Waals surface area contributed by atoms with Gasteiger partial charge in [0.25, 0.3) is 5.69 Å². The minimum Gasteiger partial charge on any atom is -0.870 e. The first-order valence-corrected chi connectivity index (χ1v) is 9.03. The van der Waals surface area contributed by atoms with Gasteiger partial charge in [-0.25, -0.2) is 8.42 Å². The first-order chi connectivity index (χ1) is 13.5. The van der Waals surface area contributed by atoms with Gasteiger partial charge in [0.2, 0.25) is 0 Å². The van der Waals surface area contributed by atoms with Gasteiger partial charge in [-0.2, -0.15) is 5.11 Å². The van der Waals surface area contributed by atoms with Gasteiger partial charge in [0, 0.05) is 24.7 Å². The second-order valence-electron chi connectivity index (χ2n) is 5.43. The Bertz CT molecular complexity index is 1130. The minimum atomic E-state index is -5.35. The quantitative estimate of drug-likeness (QED) is 0.152. The number of carbonyl (C=O) groups excluding carboxylic acids is 1. The summed E-state index contributed by atoms with van der Waals surface area (Å²) in [6.45, 7) is 0.984. The predicted octanol–water partition coefficient (Wildman–Crippen LogP) is 0.884. The number of carbonyl (C=O) groups is 1. The standard InChI is InChI=1S/C16H14N4O8S.Cr/c1-9(21)14(16(23)17-10-5-3-2-4-6-10)19-18-12-7-11(20(24)25)8-13(15(12)22)29(26,27)28;/h2-8,17,22-23H,1H3,(H,26,27,28);/q;+3/p-3/b16-14+,19-18?;. The summed E-state index contributed by atoms with van der Waals surface area (Å²) in [5.74, 6) is -3.29. The SMILES string of the molecule is CC(=O)/C(N=Nc1cc([N+](=O)[O-])cc(S(=O)(=O)[O-])c1[O-])=C(\[O-])Nc1ccccc1.[Cr+3]. The Hall–Kier alpha value is -3.31. The third-order valence-electron chi connectivity index (χ3n) is 3.34. The van der Waals surface area contributed by atoms with E-state index in [0.717, 1.165) is 6.92 Å². The van der Waals surface area contributed by atoms with Gasteiger partial charge in [-0.3, -0.25) is 14.9 Å². The van der Waals surface area contributed by atoms with Crippen molar-refractivity contribution in [1.82, 2.24) is 0 Å². The summed E-state index contributed by atoms with van der Waals surface area (Å²) in [5, 5.41) is 44.2. The van der Waals surface area contributed by atoms with Crippen molar-refractivity contribution in [3.8, 4) is 5.75 Å². The number of allylic oxidation sites excluding steroid dienone is 1. The maximum Gasteiger partial charge on any atom is 3.00 e. The molecule has 2 aromatic rings. The molecule has 155 valence electrons. The number of Topliss-reactive ketones (excluding diaryl/α,β-unsaturated/α-hetero) is 1. The number of azo groups is 1. The van der Waals surface area contributed by atoms with Crippen molar-refractivity contribution < 1.29 is 50.3 Å². The first kappa shape index (κ1) is 24.7. The predicted molar refractivity (Wildman–Crippen MR) is 92.8 cm³/mol. The number of nitrogens with one attached hydrogen (secondary N) is 1. The number of nitro benzene ring substituents is 1. The summed E-state index contributed by atoms with van der Waals surface area (Å²) < 4.78 is 33.5. The van der Waals surface area contributed by atoms with E-state index in [-0.39, 0.29) is 17.4 Å². The first-order valence-electron chi connectivity index (χ1n) is 7.62. The molecule has 0 unspecified atom stereocenters. The summed E-state index contributed by atoms with van der Waals surface area (Å²) in [7, 11) is -5.35. The van der Waals surface area contributed by atoms with E-state index < -0.39 is 54.4 Å². The number of anilines is 1. The number of non-ortho nitro benzene ring substituents is 1. The molecule has 2 aromatic carbocycles. The summed E-state index contributed by atoms with van der Waals surface area (Å²) in [5.41, 5.74) is -2.25. The number of nitro groups is 1. The molecule has 0 amide bonds. The van der Waals surface area contributed by atoms with Crippen molar-refractivity contribution in [2.75, 3.05) is 5.32 Å². The molecule has 1 radical (unpaired) electrons. The number of hydrogen-bond acceptors (Lipinski definition) is 11. The molecular weight excluding hydrogens is 460 g/mol. The Balaban J connectivity index is 0.00000450. The zero-order valence-corrected chi connectivity index (χ0v) is 17.1. The van der Waals surface area contributed by atoms with E-state index in [9.17, 15) is 38.1 Å². The van der Waals surface area contributed by atoms with Crippen LogP contribution in [0, 0.1) is 10.1 Å². The van der Waals surface area contributed by atoms with Crippen molar-refractivity contribution >= 4 is 33.0 Å². The minimum absolute atomic E-state index is 0. The van der Waals surface area contributed by atoms with Gasteiger partial charge in [-0.05, 0) is 18.0 Å². The van der Waals surface area contributed by atoms with Crippen LogP contribution >= 0.6 is 0 Å². The van der Waals surface area contributed by atoms with Crippen molar-refractivity contribution in [2.45, 2.75) is 11.8 Å². The van der Waals surface area contributed by atoms with Crippen LogP contribution in [-0.2, 0) is 32.3 Å². The molecule has 0 aromatic heterocycles. The van der Waals surface area contributed by atoms with Crippen LogP contribution in [0.1, 0.15) is 6.92 Å². The monoisotopic (exact) mass is 471 g/mol. The molecule has 14 heteroatoms. The van der Waals surface area contributed by atoms with Crippen molar-refractivity contribution in [3.05, 3.63) is 64.2 Å². The maximum absolute atomic E-state index is 12.2. The molecule has 0 bridgehead atoms. The topological polar surface area (TPSA) is 200 Å². The molecule has 30 heavy (non-hydrogen) atoms. The summed E-state index contributed by atoms with van der Waals surface area (Å²) in [6, 6.07) is 8.81. The molecule has 0 atom stereocenters. The number of benzene rings is 2. The third-order valence-corrected chi connectivity index (χ3v) is 4.18. The number of nitrogens with zero attached hydrogens (tertiary/aromatic N) is 3. The number of hydrogen-bond donors (Lipinski definition) is 1. The van der Waals surface area contributed by atoms with Gasteiger partial charge < -0.3 is 20.1 Å². The zero-order valence-electron chi connectivity index (χ0n) is 15.0. The fraction of sp³-hybridized carbons (Fsp3) is 0.0625. The normalized spacial score (nSPS) is 12.1. The Morgan fingerprint density at radius 1 is 1.17 bits per heavy atom. The van der Waals surface area contributed by atoms with Gasteiger partial charge in [0.05, 0.1) is 15.5 Å². The Labute approximate surface area is 180 Å². The van der Waals surface area contributed by atoms with Crippen LogP contribution in [0.25, 0.3) is 0 Å². The molecule has 1 N–H and O–H groups in total. The molecule has 0 fully saturated rings. The van der Waals surface area contributed by atoms with Crippen LogP contribution in [0.2, 0.25) is 0 Å². The molecule has 0 saturated carbocycles. The molecule has 0 heterocycles. The summed E-state index contributed by atoms with van der Waals surface area (Å²) in [4.78, 5) is 20.2. The second-order valence-corrected chi connectivity index (χ2v) is 6.78. The van der Waals surface area contributed by atoms with Crippen LogP contribution in [0.3, 0.4) is 0 Å². The summed E-state index contributed by atoms with van der Waals surface area (Å²) >= 11 is 0. The maximum atomic E-state index is 12.2. The van der Waals surface area contributed by atoms with Crippen LogP contribution in [0.15, 0.2) is 69.2 Å². The fourth-order valence-electron chi connectivity index (χ4n) is 2.03. The van der Waals surface area contributed by atoms with E-state index in [4.69, 9.17) is 0 Å². The van der Waals surface area contributed by atoms with Gasteiger partial charge >= 0.3 is 17.4 Å². The van der Waals surface area contributed by atoms with Gasteiger partial charge in [-0.1, -0.05) is 23.9 Å². The zero-order chi connectivity index (χ0) is 21.8. The smallest absolute Gasteiger partial charge is 0.870 e. The van der Waals surface area contributed by atoms with E-state index in [2.05, 4.69) is 15.5 Å². The van der Waals surface area contributed by atoms with Gasteiger partial charge in [0.1, 0.15) is 15.8 Å². The molecule has 12 nitrogen and oxygen atoms in total. The van der Waals surface area contributed by atoms with Crippen LogP contribution in [0.5, 0.6) is 5.75 Å². The van der Waals surface area contributed by atoms with Gasteiger partial charge in [0.15, 0.2) is 5.78 Å². The number of rotatable bonds is 7. The molecule has 0 aliphatic carbocycles. The van der Waals surface area contributed by atoms with Crippen LogP contribution in [-0.4, -0.2) is 23.7 Å².